The number of benzene rings is 2. The molecule has 114 valence electrons. The maximum Gasteiger partial charge on any atom is 0.346 e. The van der Waals surface area contributed by atoms with Crippen molar-refractivity contribution in [1.82, 2.24) is 0 Å². The number of nitro groups is 1. The van der Waals surface area contributed by atoms with Crippen LogP contribution in [-0.4, -0.2) is 18.0 Å². The summed E-state index contributed by atoms with van der Waals surface area (Å²) in [4.78, 5) is 21.3. The van der Waals surface area contributed by atoms with Gasteiger partial charge in [0.15, 0.2) is 11.6 Å². The van der Waals surface area contributed by atoms with Gasteiger partial charge in [-0.1, -0.05) is 6.07 Å². The minimum absolute atomic E-state index is 0.0158. The van der Waals surface area contributed by atoms with Crippen LogP contribution in [0.1, 0.15) is 10.4 Å². The Morgan fingerprint density at radius 1 is 1.14 bits per heavy atom. The van der Waals surface area contributed by atoms with Gasteiger partial charge in [0.2, 0.25) is 11.6 Å². The maximum atomic E-state index is 13.7. The molecule has 0 aliphatic carbocycles. The molecule has 8 heteroatoms. The number of carbonyl (C=O) groups is 1. The molecule has 22 heavy (non-hydrogen) atoms. The van der Waals surface area contributed by atoms with Crippen LogP contribution in [0.5, 0.6) is 11.5 Å². The van der Waals surface area contributed by atoms with Gasteiger partial charge in [-0.2, -0.15) is 4.39 Å². The van der Waals surface area contributed by atoms with Gasteiger partial charge in [-0.25, -0.2) is 9.18 Å². The molecule has 0 saturated heterocycles. The van der Waals surface area contributed by atoms with Crippen molar-refractivity contribution >= 4 is 11.7 Å². The third-order valence-corrected chi connectivity index (χ3v) is 2.70. The topological polar surface area (TPSA) is 78.7 Å². The van der Waals surface area contributed by atoms with Gasteiger partial charge in [-0.15, -0.1) is 0 Å². The summed E-state index contributed by atoms with van der Waals surface area (Å²) < 4.78 is 36.7. The average molecular weight is 309 g/mol. The molecule has 0 radical (unpaired) electrons. The number of methoxy groups -OCH3 is 1. The van der Waals surface area contributed by atoms with Crippen LogP contribution in [0.25, 0.3) is 0 Å². The molecule has 6 nitrogen and oxygen atoms in total. The van der Waals surface area contributed by atoms with Gasteiger partial charge in [-0.3, -0.25) is 10.1 Å². The van der Waals surface area contributed by atoms with E-state index >= 15 is 0 Å². The van der Waals surface area contributed by atoms with E-state index in [0.29, 0.717) is 0 Å². The second-order valence-electron chi connectivity index (χ2n) is 4.08. The van der Waals surface area contributed by atoms with E-state index in [2.05, 4.69) is 4.74 Å². The van der Waals surface area contributed by atoms with E-state index < -0.39 is 39.7 Å². The highest BCUT2D eigenvalue weighted by molar-refractivity contribution is 5.89. The Labute approximate surface area is 123 Å². The van der Waals surface area contributed by atoms with Crippen LogP contribution in [0.2, 0.25) is 0 Å². The van der Waals surface area contributed by atoms with E-state index in [9.17, 15) is 23.7 Å². The number of halogens is 2. The van der Waals surface area contributed by atoms with Gasteiger partial charge < -0.3 is 9.47 Å². The fourth-order valence-electron chi connectivity index (χ4n) is 1.70. The van der Waals surface area contributed by atoms with Crippen LogP contribution in [0, 0.1) is 21.7 Å². The predicted molar refractivity (Wildman–Crippen MR) is 70.9 cm³/mol. The van der Waals surface area contributed by atoms with E-state index in [1.165, 1.54) is 6.07 Å². The first-order chi connectivity index (χ1) is 10.4. The quantitative estimate of drug-likeness (QED) is 0.491. The highest BCUT2D eigenvalue weighted by Crippen LogP contribution is 2.34. The lowest BCUT2D eigenvalue weighted by Crippen LogP contribution is -2.03. The predicted octanol–water partition coefficient (Wildman–Crippen LogP) is 3.45. The van der Waals surface area contributed by atoms with Crippen LogP contribution in [0.4, 0.5) is 14.5 Å². The number of nitro benzene ring substituents is 1. The molecule has 0 saturated carbocycles. The Kier molecular flexibility index (Phi) is 4.31. The fraction of sp³-hybridized carbons (Fsp3) is 0.0714. The standard InChI is InChI=1S/C14H9F2NO5/c1-21-14(18)8-5-6-9(15)12(7-8)22-11-4-2-3-10(16)13(11)17(19)20/h2-7H,1H3. The summed E-state index contributed by atoms with van der Waals surface area (Å²) >= 11 is 0. The number of ether oxygens (including phenoxy) is 2. The summed E-state index contributed by atoms with van der Waals surface area (Å²) in [6.07, 6.45) is 0. The van der Waals surface area contributed by atoms with E-state index in [4.69, 9.17) is 4.74 Å². The second kappa shape index (κ2) is 6.17. The Balaban J connectivity index is 2.45. The summed E-state index contributed by atoms with van der Waals surface area (Å²) in [6.45, 7) is 0. The summed E-state index contributed by atoms with van der Waals surface area (Å²) in [5.41, 5.74) is -0.941. The minimum Gasteiger partial charge on any atom is -0.465 e. The molecule has 0 fully saturated rings. The number of rotatable bonds is 4. The van der Waals surface area contributed by atoms with E-state index in [1.807, 2.05) is 0 Å². The third kappa shape index (κ3) is 3.00. The Morgan fingerprint density at radius 2 is 1.86 bits per heavy atom. The Hall–Kier alpha value is -3.03. The van der Waals surface area contributed by atoms with Crippen LogP contribution < -0.4 is 4.74 Å². The molecule has 2 aromatic rings. The van der Waals surface area contributed by atoms with Crippen LogP contribution in [0.3, 0.4) is 0 Å². The number of esters is 1. The van der Waals surface area contributed by atoms with Crippen molar-refractivity contribution in [3.05, 3.63) is 63.7 Å². The number of hydrogen-bond acceptors (Lipinski definition) is 5. The molecule has 0 atom stereocenters. The third-order valence-electron chi connectivity index (χ3n) is 2.70. The minimum atomic E-state index is -1.12. The first-order valence-corrected chi connectivity index (χ1v) is 5.92. The Morgan fingerprint density at radius 3 is 2.50 bits per heavy atom. The van der Waals surface area contributed by atoms with Crippen molar-refractivity contribution < 1.29 is 28.0 Å². The van der Waals surface area contributed by atoms with E-state index in [-0.39, 0.29) is 5.56 Å². The first-order valence-electron chi connectivity index (χ1n) is 5.92. The maximum absolute atomic E-state index is 13.7. The highest BCUT2D eigenvalue weighted by Gasteiger charge is 2.23. The van der Waals surface area contributed by atoms with Crippen molar-refractivity contribution in [2.45, 2.75) is 0 Å². The fourth-order valence-corrected chi connectivity index (χ4v) is 1.70. The zero-order chi connectivity index (χ0) is 16.3. The van der Waals surface area contributed by atoms with E-state index in [1.54, 1.807) is 0 Å². The normalized spacial score (nSPS) is 10.1. The van der Waals surface area contributed by atoms with Gasteiger partial charge in [0, 0.05) is 0 Å². The smallest absolute Gasteiger partial charge is 0.346 e. The zero-order valence-corrected chi connectivity index (χ0v) is 11.2. The lowest BCUT2D eigenvalue weighted by molar-refractivity contribution is -0.388. The SMILES string of the molecule is COC(=O)c1ccc(F)c(Oc2cccc(F)c2[N+](=O)[O-])c1. The average Bonchev–Trinajstić information content (AvgIpc) is 2.48. The van der Waals surface area contributed by atoms with Crippen molar-refractivity contribution in [1.29, 1.82) is 0 Å². The summed E-state index contributed by atoms with van der Waals surface area (Å²) in [7, 11) is 1.14. The van der Waals surface area contributed by atoms with E-state index in [0.717, 1.165) is 37.4 Å². The van der Waals surface area contributed by atoms with Gasteiger partial charge in [0.1, 0.15) is 0 Å². The lowest BCUT2D eigenvalue weighted by Gasteiger charge is -2.09. The van der Waals surface area contributed by atoms with Crippen LogP contribution in [0.15, 0.2) is 36.4 Å². The van der Waals surface area contributed by atoms with Crippen molar-refractivity contribution in [3.8, 4) is 11.5 Å². The number of hydrogen-bond donors (Lipinski definition) is 0. The molecule has 0 N–H and O–H groups in total. The second-order valence-corrected chi connectivity index (χ2v) is 4.08. The molecule has 0 heterocycles. The van der Waals surface area contributed by atoms with Gasteiger partial charge >= 0.3 is 11.7 Å². The van der Waals surface area contributed by atoms with Gasteiger partial charge in [0.25, 0.3) is 0 Å². The number of carbonyl (C=O) groups excluding carboxylic acids is 1. The molecule has 2 rings (SSSR count). The van der Waals surface area contributed by atoms with Crippen LogP contribution in [-0.2, 0) is 4.74 Å². The summed E-state index contributed by atoms with van der Waals surface area (Å²) in [5, 5.41) is 10.9. The molecule has 0 aliphatic rings. The molecular weight excluding hydrogens is 300 g/mol. The van der Waals surface area contributed by atoms with Gasteiger partial charge in [0.05, 0.1) is 17.6 Å². The summed E-state index contributed by atoms with van der Waals surface area (Å²) in [6, 6.07) is 6.29. The molecule has 0 aromatic heterocycles. The van der Waals surface area contributed by atoms with Crippen LogP contribution >= 0.6 is 0 Å². The molecule has 2 aromatic carbocycles. The molecule has 0 amide bonds. The highest BCUT2D eigenvalue weighted by atomic mass is 19.1. The number of nitrogens with zero attached hydrogens (tertiary/aromatic N) is 1. The molecular formula is C14H9F2NO5. The Bertz CT molecular complexity index is 748. The van der Waals surface area contributed by atoms with Crippen molar-refractivity contribution in [2.24, 2.45) is 0 Å². The zero-order valence-electron chi connectivity index (χ0n) is 11.2. The monoisotopic (exact) mass is 309 g/mol. The number of para-hydroxylation sites is 1. The molecule has 0 bridgehead atoms. The van der Waals surface area contributed by atoms with Crippen molar-refractivity contribution in [2.75, 3.05) is 7.11 Å². The first kappa shape index (κ1) is 15.4. The largest absolute Gasteiger partial charge is 0.465 e. The molecule has 0 spiro atoms. The lowest BCUT2D eigenvalue weighted by atomic mass is 10.2. The van der Waals surface area contributed by atoms with Crippen molar-refractivity contribution in [3.63, 3.8) is 0 Å². The molecule has 0 aliphatic heterocycles. The summed E-state index contributed by atoms with van der Waals surface area (Å²) in [5.74, 6) is -3.67. The molecule has 0 unspecified atom stereocenters. The van der Waals surface area contributed by atoms with Gasteiger partial charge in [-0.05, 0) is 30.3 Å².